The predicted molar refractivity (Wildman–Crippen MR) is 128 cm³/mol. The van der Waals surface area contributed by atoms with Gasteiger partial charge in [-0.15, -0.1) is 10.2 Å². The topological polar surface area (TPSA) is 55.4 Å². The fourth-order valence-electron chi connectivity index (χ4n) is 4.95. The molecule has 5 rings (SSSR count). The van der Waals surface area contributed by atoms with Crippen LogP contribution in [0.25, 0.3) is 16.4 Å². The molecule has 1 saturated heterocycles. The van der Waals surface area contributed by atoms with Gasteiger partial charge in [0.05, 0.1) is 10.4 Å². The molecule has 8 heteroatoms. The first-order valence-corrected chi connectivity index (χ1v) is 11.8. The van der Waals surface area contributed by atoms with Crippen LogP contribution in [0.3, 0.4) is 0 Å². The molecule has 0 radical (unpaired) electrons. The summed E-state index contributed by atoms with van der Waals surface area (Å²) < 4.78 is 17.5. The van der Waals surface area contributed by atoms with Gasteiger partial charge < -0.3 is 9.47 Å². The smallest absolute Gasteiger partial charge is 0.259 e. The third kappa shape index (κ3) is 4.52. The van der Waals surface area contributed by atoms with Crippen molar-refractivity contribution < 1.29 is 4.39 Å². The summed E-state index contributed by atoms with van der Waals surface area (Å²) in [5.41, 5.74) is 2.53. The summed E-state index contributed by atoms with van der Waals surface area (Å²) in [7, 11) is 1.75. The van der Waals surface area contributed by atoms with Crippen molar-refractivity contribution in [1.29, 1.82) is 0 Å². The number of benzene rings is 1. The van der Waals surface area contributed by atoms with Crippen LogP contribution in [0, 0.1) is 11.7 Å². The number of nitrogens with zero attached hydrogens (tertiary/aromatic N) is 5. The number of piperidine rings is 1. The maximum atomic E-state index is 14.3. The van der Waals surface area contributed by atoms with Crippen molar-refractivity contribution in [2.45, 2.75) is 32.1 Å². The molecule has 0 bridgehead atoms. The van der Waals surface area contributed by atoms with Gasteiger partial charge in [0.15, 0.2) is 5.65 Å². The highest BCUT2D eigenvalue weighted by molar-refractivity contribution is 6.35. The van der Waals surface area contributed by atoms with E-state index in [1.165, 1.54) is 18.1 Å². The Morgan fingerprint density at radius 1 is 1.18 bits per heavy atom. The first-order chi connectivity index (χ1) is 16.0. The molecule has 4 heterocycles. The van der Waals surface area contributed by atoms with Crippen molar-refractivity contribution >= 4 is 28.0 Å². The molecule has 6 nitrogen and oxygen atoms in total. The normalized spacial score (nSPS) is 15.6. The molecule has 3 aromatic heterocycles. The van der Waals surface area contributed by atoms with E-state index in [9.17, 15) is 9.18 Å². The van der Waals surface area contributed by atoms with Crippen LogP contribution >= 0.6 is 11.6 Å². The van der Waals surface area contributed by atoms with E-state index < -0.39 is 0 Å². The lowest BCUT2D eigenvalue weighted by Crippen LogP contribution is -2.35. The number of hydrogen-bond donors (Lipinski definition) is 0. The Morgan fingerprint density at radius 2 is 2.00 bits per heavy atom. The number of aryl methyl sites for hydroxylation is 2. The molecule has 1 aromatic carbocycles. The Hall–Kier alpha value is -2.77. The van der Waals surface area contributed by atoms with Gasteiger partial charge in [0.2, 0.25) is 0 Å². The van der Waals surface area contributed by atoms with Gasteiger partial charge in [0, 0.05) is 19.4 Å². The molecule has 1 fully saturated rings. The number of fused-ring (bicyclic) bond motifs is 2. The monoisotopic (exact) mass is 467 g/mol. The number of aromatic nitrogens is 4. The number of halogens is 2. The molecule has 0 saturated carbocycles. The maximum absolute atomic E-state index is 14.3. The summed E-state index contributed by atoms with van der Waals surface area (Å²) in [4.78, 5) is 15.0. The summed E-state index contributed by atoms with van der Waals surface area (Å²) in [6, 6.07) is 7.71. The Morgan fingerprint density at radius 3 is 2.82 bits per heavy atom. The summed E-state index contributed by atoms with van der Waals surface area (Å²) in [5, 5.41) is 9.93. The third-order valence-electron chi connectivity index (χ3n) is 6.88. The predicted octanol–water partition coefficient (Wildman–Crippen LogP) is 4.26. The van der Waals surface area contributed by atoms with Gasteiger partial charge >= 0.3 is 0 Å². The van der Waals surface area contributed by atoms with Crippen molar-refractivity contribution in [3.05, 3.63) is 75.3 Å². The highest BCUT2D eigenvalue weighted by Crippen LogP contribution is 2.29. The van der Waals surface area contributed by atoms with Crippen LogP contribution in [-0.4, -0.2) is 43.7 Å². The fourth-order valence-corrected chi connectivity index (χ4v) is 5.19. The van der Waals surface area contributed by atoms with E-state index >= 15 is 0 Å². The van der Waals surface area contributed by atoms with Crippen molar-refractivity contribution in [3.63, 3.8) is 0 Å². The lowest BCUT2D eigenvalue weighted by atomic mass is 9.88. The fraction of sp³-hybridized carbons (Fsp3) is 0.400. The van der Waals surface area contributed by atoms with E-state index in [-0.39, 0.29) is 11.4 Å². The van der Waals surface area contributed by atoms with E-state index in [0.29, 0.717) is 34.0 Å². The zero-order valence-corrected chi connectivity index (χ0v) is 19.4. The summed E-state index contributed by atoms with van der Waals surface area (Å²) in [6.07, 6.45) is 9.59. The Bertz CT molecular complexity index is 1360. The molecule has 172 valence electrons. The van der Waals surface area contributed by atoms with Crippen molar-refractivity contribution in [3.8, 4) is 0 Å². The maximum Gasteiger partial charge on any atom is 0.259 e. The lowest BCUT2D eigenvalue weighted by molar-refractivity contribution is 0.182. The minimum Gasteiger partial charge on any atom is -0.318 e. The van der Waals surface area contributed by atoms with E-state index in [1.54, 1.807) is 22.1 Å². The molecule has 0 unspecified atom stereocenters. The summed E-state index contributed by atoms with van der Waals surface area (Å²) in [6.45, 7) is 3.05. The number of pyridine rings is 2. The zero-order chi connectivity index (χ0) is 22.9. The molecule has 1 aliphatic heterocycles. The van der Waals surface area contributed by atoms with E-state index in [2.05, 4.69) is 21.2 Å². The van der Waals surface area contributed by atoms with Crippen LogP contribution in [0.15, 0.2) is 47.8 Å². The summed E-state index contributed by atoms with van der Waals surface area (Å²) >= 11 is 6.34. The Balaban J connectivity index is 1.16. The highest BCUT2D eigenvalue weighted by Gasteiger charge is 2.21. The minimum atomic E-state index is -0.203. The molecular weight excluding hydrogens is 441 g/mol. The highest BCUT2D eigenvalue weighted by atomic mass is 35.5. The largest absolute Gasteiger partial charge is 0.318 e. The average molecular weight is 468 g/mol. The average Bonchev–Trinajstić information content (AvgIpc) is 3.26. The van der Waals surface area contributed by atoms with Gasteiger partial charge in [0.25, 0.3) is 5.56 Å². The van der Waals surface area contributed by atoms with Crippen LogP contribution in [0.1, 0.15) is 30.4 Å². The van der Waals surface area contributed by atoms with Crippen LogP contribution in [-0.2, 0) is 19.9 Å². The Kier molecular flexibility index (Phi) is 6.17. The number of rotatable bonds is 6. The van der Waals surface area contributed by atoms with Gasteiger partial charge in [-0.05, 0) is 92.4 Å². The van der Waals surface area contributed by atoms with E-state index in [0.717, 1.165) is 50.7 Å². The first-order valence-electron chi connectivity index (χ1n) is 11.5. The van der Waals surface area contributed by atoms with Gasteiger partial charge in [-0.3, -0.25) is 9.20 Å². The summed E-state index contributed by atoms with van der Waals surface area (Å²) in [5.74, 6) is 0.383. The second-order valence-electron chi connectivity index (χ2n) is 9.06. The molecule has 0 amide bonds. The first kappa shape index (κ1) is 22.0. The molecule has 0 atom stereocenters. The molecule has 1 aliphatic rings. The van der Waals surface area contributed by atoms with Crippen LogP contribution in [0.2, 0.25) is 5.02 Å². The van der Waals surface area contributed by atoms with Crippen LogP contribution < -0.4 is 5.56 Å². The number of likely N-dealkylation sites (tertiary alicyclic amines) is 1. The van der Waals surface area contributed by atoms with Crippen molar-refractivity contribution in [1.82, 2.24) is 24.1 Å². The standard InChI is InChI=1S/C25H27ClFN5O/c1-30-10-8-20-18(4-5-21(26)24(20)25(30)33)13-17-6-11-31(12-7-17)9-2-3-19-14-23-29-28-16-32(23)15-22(19)27/h4-5,8,10,14-17H,2-3,6-7,9,11-13H2,1H3. The van der Waals surface area contributed by atoms with Crippen LogP contribution in [0.4, 0.5) is 4.39 Å². The molecule has 33 heavy (non-hydrogen) atoms. The molecular formula is C25H27ClFN5O. The molecule has 0 spiro atoms. The zero-order valence-electron chi connectivity index (χ0n) is 18.7. The van der Waals surface area contributed by atoms with Gasteiger partial charge in [-0.25, -0.2) is 4.39 Å². The second-order valence-corrected chi connectivity index (χ2v) is 9.47. The molecule has 0 aliphatic carbocycles. The third-order valence-corrected chi connectivity index (χ3v) is 7.20. The number of hydrogen-bond acceptors (Lipinski definition) is 4. The molecule has 4 aromatic rings. The van der Waals surface area contributed by atoms with E-state index in [1.807, 2.05) is 18.3 Å². The SMILES string of the molecule is Cn1ccc2c(CC3CCN(CCCc4cc5nncn5cc4F)CC3)ccc(Cl)c2c1=O. The van der Waals surface area contributed by atoms with E-state index in [4.69, 9.17) is 11.6 Å². The van der Waals surface area contributed by atoms with Gasteiger partial charge in [-0.2, -0.15) is 0 Å². The van der Waals surface area contributed by atoms with Gasteiger partial charge in [-0.1, -0.05) is 17.7 Å². The quantitative estimate of drug-likeness (QED) is 0.425. The van der Waals surface area contributed by atoms with Crippen molar-refractivity contribution in [2.75, 3.05) is 19.6 Å². The van der Waals surface area contributed by atoms with Gasteiger partial charge in [0.1, 0.15) is 12.1 Å². The lowest BCUT2D eigenvalue weighted by Gasteiger charge is -2.32. The van der Waals surface area contributed by atoms with Crippen LogP contribution in [0.5, 0.6) is 0 Å². The minimum absolute atomic E-state index is 0.0474. The molecule has 0 N–H and O–H groups in total. The Labute approximate surface area is 196 Å². The second kappa shape index (κ2) is 9.23. The van der Waals surface area contributed by atoms with Crippen molar-refractivity contribution in [2.24, 2.45) is 13.0 Å².